The minimum Gasteiger partial charge on any atom is -0.380 e. The van der Waals surface area contributed by atoms with E-state index in [1.807, 2.05) is 55.6 Å². The molecule has 0 atom stereocenters. The zero-order valence-electron chi connectivity index (χ0n) is 11.8. The van der Waals surface area contributed by atoms with Crippen molar-refractivity contribution in [2.75, 3.05) is 5.32 Å². The fraction of sp³-hybridized carbons (Fsp3) is 0.111. The summed E-state index contributed by atoms with van der Waals surface area (Å²) in [6.45, 7) is 2.62. The standard InChI is InChI=1S/C18H15N3/c1-13-5-4-8-18(16(13)11-19)21-12-14-9-10-20-17-7-3-2-6-15(14)17/h2-10,21H,12H2,1H3. The topological polar surface area (TPSA) is 48.7 Å². The van der Waals surface area contributed by atoms with Gasteiger partial charge in [0.25, 0.3) is 0 Å². The monoisotopic (exact) mass is 273 g/mol. The van der Waals surface area contributed by atoms with Gasteiger partial charge in [-0.15, -0.1) is 0 Å². The molecule has 1 heterocycles. The molecule has 21 heavy (non-hydrogen) atoms. The van der Waals surface area contributed by atoms with Crippen molar-refractivity contribution in [3.63, 3.8) is 0 Å². The number of pyridine rings is 1. The van der Waals surface area contributed by atoms with Gasteiger partial charge in [-0.05, 0) is 36.2 Å². The first kappa shape index (κ1) is 13.1. The zero-order valence-corrected chi connectivity index (χ0v) is 11.8. The second-order valence-electron chi connectivity index (χ2n) is 4.95. The lowest BCUT2D eigenvalue weighted by molar-refractivity contribution is 1.15. The molecule has 0 unspecified atom stereocenters. The molecule has 3 rings (SSSR count). The van der Waals surface area contributed by atoms with Gasteiger partial charge in [0.2, 0.25) is 0 Å². The molecule has 0 aliphatic rings. The fourth-order valence-corrected chi connectivity index (χ4v) is 2.46. The average Bonchev–Trinajstić information content (AvgIpc) is 2.53. The van der Waals surface area contributed by atoms with Crippen molar-refractivity contribution in [1.29, 1.82) is 5.26 Å². The lowest BCUT2D eigenvalue weighted by Crippen LogP contribution is -2.03. The smallest absolute Gasteiger partial charge is 0.102 e. The number of rotatable bonds is 3. The van der Waals surface area contributed by atoms with Crippen LogP contribution < -0.4 is 5.32 Å². The number of nitrogens with one attached hydrogen (secondary N) is 1. The van der Waals surface area contributed by atoms with Crippen LogP contribution in [0.4, 0.5) is 5.69 Å². The maximum atomic E-state index is 9.27. The fourth-order valence-electron chi connectivity index (χ4n) is 2.46. The second kappa shape index (κ2) is 5.64. The molecule has 0 fully saturated rings. The molecule has 0 saturated heterocycles. The van der Waals surface area contributed by atoms with Gasteiger partial charge in [-0.3, -0.25) is 4.98 Å². The van der Waals surface area contributed by atoms with E-state index in [4.69, 9.17) is 0 Å². The lowest BCUT2D eigenvalue weighted by Gasteiger charge is -2.11. The highest BCUT2D eigenvalue weighted by Crippen LogP contribution is 2.21. The van der Waals surface area contributed by atoms with Crippen molar-refractivity contribution < 1.29 is 0 Å². The molecule has 0 radical (unpaired) electrons. The number of fused-ring (bicyclic) bond motifs is 1. The lowest BCUT2D eigenvalue weighted by atomic mass is 10.1. The number of aromatic nitrogens is 1. The average molecular weight is 273 g/mol. The number of aryl methyl sites for hydroxylation is 1. The Kier molecular flexibility index (Phi) is 3.53. The summed E-state index contributed by atoms with van der Waals surface area (Å²) in [5.74, 6) is 0. The van der Waals surface area contributed by atoms with Crippen molar-refractivity contribution >= 4 is 16.6 Å². The van der Waals surface area contributed by atoms with Gasteiger partial charge in [-0.1, -0.05) is 30.3 Å². The minimum atomic E-state index is 0.668. The van der Waals surface area contributed by atoms with Crippen LogP contribution in [0.15, 0.2) is 54.7 Å². The third kappa shape index (κ3) is 2.56. The predicted molar refractivity (Wildman–Crippen MR) is 85.0 cm³/mol. The summed E-state index contributed by atoms with van der Waals surface area (Å²) in [5, 5.41) is 13.8. The van der Waals surface area contributed by atoms with Crippen LogP contribution in [0, 0.1) is 18.3 Å². The van der Waals surface area contributed by atoms with Crippen LogP contribution in [0.2, 0.25) is 0 Å². The Labute approximate surface area is 123 Å². The molecule has 1 aromatic heterocycles. The van der Waals surface area contributed by atoms with Crippen molar-refractivity contribution in [2.24, 2.45) is 0 Å². The van der Waals surface area contributed by atoms with Gasteiger partial charge >= 0.3 is 0 Å². The SMILES string of the molecule is Cc1cccc(NCc2ccnc3ccccc23)c1C#N. The van der Waals surface area contributed by atoms with E-state index in [1.165, 1.54) is 5.56 Å². The Hall–Kier alpha value is -2.86. The van der Waals surface area contributed by atoms with Crippen LogP contribution >= 0.6 is 0 Å². The largest absolute Gasteiger partial charge is 0.380 e. The normalized spacial score (nSPS) is 10.3. The summed E-state index contributed by atoms with van der Waals surface area (Å²) < 4.78 is 0. The van der Waals surface area contributed by atoms with Gasteiger partial charge in [0.15, 0.2) is 0 Å². The molecule has 1 N–H and O–H groups in total. The summed E-state index contributed by atoms with van der Waals surface area (Å²) >= 11 is 0. The molecule has 0 bridgehead atoms. The van der Waals surface area contributed by atoms with Crippen LogP contribution in [-0.2, 0) is 6.54 Å². The van der Waals surface area contributed by atoms with E-state index >= 15 is 0 Å². The Balaban J connectivity index is 1.91. The first-order chi connectivity index (χ1) is 10.3. The summed E-state index contributed by atoms with van der Waals surface area (Å²) in [6, 6.07) is 18.2. The number of hydrogen-bond donors (Lipinski definition) is 1. The molecule has 0 aliphatic heterocycles. The molecule has 102 valence electrons. The summed E-state index contributed by atoms with van der Waals surface area (Å²) in [7, 11) is 0. The van der Waals surface area contributed by atoms with E-state index in [2.05, 4.69) is 22.4 Å². The number of benzene rings is 2. The first-order valence-corrected chi connectivity index (χ1v) is 6.86. The van der Waals surface area contributed by atoms with Crippen molar-refractivity contribution in [1.82, 2.24) is 4.98 Å². The van der Waals surface area contributed by atoms with E-state index in [0.717, 1.165) is 22.2 Å². The maximum Gasteiger partial charge on any atom is 0.102 e. The van der Waals surface area contributed by atoms with Crippen molar-refractivity contribution in [3.8, 4) is 6.07 Å². The van der Waals surface area contributed by atoms with Crippen LogP contribution in [0.1, 0.15) is 16.7 Å². The molecule has 2 aromatic carbocycles. The molecular weight excluding hydrogens is 258 g/mol. The minimum absolute atomic E-state index is 0.668. The number of para-hydroxylation sites is 1. The molecule has 3 aromatic rings. The summed E-state index contributed by atoms with van der Waals surface area (Å²) in [5.41, 5.74) is 4.73. The molecule has 0 amide bonds. The van der Waals surface area contributed by atoms with Crippen LogP contribution in [0.3, 0.4) is 0 Å². The number of nitriles is 1. The number of nitrogens with zero attached hydrogens (tertiary/aromatic N) is 2. The van der Waals surface area contributed by atoms with Crippen LogP contribution in [0.5, 0.6) is 0 Å². The van der Waals surface area contributed by atoms with Crippen molar-refractivity contribution in [3.05, 3.63) is 71.4 Å². The third-order valence-electron chi connectivity index (χ3n) is 3.59. The van der Waals surface area contributed by atoms with E-state index < -0.39 is 0 Å². The highest BCUT2D eigenvalue weighted by Gasteiger charge is 2.06. The van der Waals surface area contributed by atoms with E-state index in [0.29, 0.717) is 12.1 Å². The van der Waals surface area contributed by atoms with Gasteiger partial charge in [0.1, 0.15) is 6.07 Å². The number of hydrogen-bond acceptors (Lipinski definition) is 3. The van der Waals surface area contributed by atoms with Gasteiger partial charge in [-0.25, -0.2) is 0 Å². The molecule has 3 heteroatoms. The predicted octanol–water partition coefficient (Wildman–Crippen LogP) is 4.03. The number of anilines is 1. The summed E-state index contributed by atoms with van der Waals surface area (Å²) in [6.07, 6.45) is 1.82. The van der Waals surface area contributed by atoms with Crippen LogP contribution in [0.25, 0.3) is 10.9 Å². The quantitative estimate of drug-likeness (QED) is 0.783. The molecule has 0 saturated carbocycles. The van der Waals surface area contributed by atoms with Gasteiger partial charge in [0.05, 0.1) is 16.8 Å². The molecule has 0 spiro atoms. The van der Waals surface area contributed by atoms with Gasteiger partial charge < -0.3 is 5.32 Å². The van der Waals surface area contributed by atoms with Crippen LogP contribution in [-0.4, -0.2) is 4.98 Å². The van der Waals surface area contributed by atoms with E-state index in [9.17, 15) is 5.26 Å². The second-order valence-corrected chi connectivity index (χ2v) is 4.95. The van der Waals surface area contributed by atoms with E-state index in [1.54, 1.807) is 0 Å². The molecule has 0 aliphatic carbocycles. The maximum absolute atomic E-state index is 9.27. The third-order valence-corrected chi connectivity index (χ3v) is 3.59. The Morgan fingerprint density at radius 1 is 1.10 bits per heavy atom. The highest BCUT2D eigenvalue weighted by atomic mass is 14.9. The molecular formula is C18H15N3. The molecule has 3 nitrogen and oxygen atoms in total. The van der Waals surface area contributed by atoms with Gasteiger partial charge in [0, 0.05) is 18.1 Å². The summed E-state index contributed by atoms with van der Waals surface area (Å²) in [4.78, 5) is 4.36. The highest BCUT2D eigenvalue weighted by molar-refractivity contribution is 5.82. The Bertz CT molecular complexity index is 826. The van der Waals surface area contributed by atoms with Crippen molar-refractivity contribution in [2.45, 2.75) is 13.5 Å². The Morgan fingerprint density at radius 3 is 2.81 bits per heavy atom. The Morgan fingerprint density at radius 2 is 1.95 bits per heavy atom. The van der Waals surface area contributed by atoms with E-state index in [-0.39, 0.29) is 0 Å². The first-order valence-electron chi connectivity index (χ1n) is 6.86. The zero-order chi connectivity index (χ0) is 14.7. The van der Waals surface area contributed by atoms with Gasteiger partial charge in [-0.2, -0.15) is 5.26 Å².